The summed E-state index contributed by atoms with van der Waals surface area (Å²) in [5.74, 6) is -1.11. The summed E-state index contributed by atoms with van der Waals surface area (Å²) in [6.45, 7) is 0.493. The van der Waals surface area contributed by atoms with Gasteiger partial charge in [-0.1, -0.05) is 23.7 Å². The summed E-state index contributed by atoms with van der Waals surface area (Å²) in [6, 6.07) is 12.8. The normalized spacial score (nSPS) is 17.6. The zero-order chi connectivity index (χ0) is 21.0. The van der Waals surface area contributed by atoms with Crippen molar-refractivity contribution in [2.45, 2.75) is 24.2 Å². The molecule has 0 radical (unpaired) electrons. The first-order chi connectivity index (χ1) is 13.8. The summed E-state index contributed by atoms with van der Waals surface area (Å²) in [7, 11) is -3.68. The van der Waals surface area contributed by atoms with Crippen molar-refractivity contribution in [3.8, 4) is 0 Å². The average Bonchev–Trinajstić information content (AvgIpc) is 2.69. The van der Waals surface area contributed by atoms with Gasteiger partial charge in [-0.05, 0) is 54.8 Å². The van der Waals surface area contributed by atoms with Crippen molar-refractivity contribution in [2.75, 3.05) is 18.4 Å². The summed E-state index contributed by atoms with van der Waals surface area (Å²) < 4.78 is 27.1. The van der Waals surface area contributed by atoms with Crippen molar-refractivity contribution in [3.05, 3.63) is 59.1 Å². The number of rotatable bonds is 6. The number of nitrogens with two attached hydrogens (primary N) is 1. The SMILES string of the molecule is NC(=O)Cc1ccc(NC(=O)[C@@H]2CCCN(S(=O)(=O)c3ccc(Cl)cc3)C2)cc1. The van der Waals surface area contributed by atoms with Crippen LogP contribution in [0.1, 0.15) is 18.4 Å². The van der Waals surface area contributed by atoms with Crippen LogP contribution in [0.5, 0.6) is 0 Å². The molecule has 1 aliphatic rings. The van der Waals surface area contributed by atoms with Gasteiger partial charge in [-0.15, -0.1) is 0 Å². The van der Waals surface area contributed by atoms with Crippen LogP contribution in [0, 0.1) is 5.92 Å². The van der Waals surface area contributed by atoms with Crippen molar-refractivity contribution < 1.29 is 18.0 Å². The highest BCUT2D eigenvalue weighted by atomic mass is 35.5. The highest BCUT2D eigenvalue weighted by Gasteiger charge is 2.33. The Hall–Kier alpha value is -2.42. The maximum absolute atomic E-state index is 12.9. The second-order valence-corrected chi connectivity index (χ2v) is 9.36. The third-order valence-electron chi connectivity index (χ3n) is 4.81. The van der Waals surface area contributed by atoms with E-state index in [9.17, 15) is 18.0 Å². The molecule has 29 heavy (non-hydrogen) atoms. The van der Waals surface area contributed by atoms with E-state index in [0.717, 1.165) is 5.56 Å². The molecule has 3 rings (SSSR count). The molecule has 2 aromatic carbocycles. The highest BCUT2D eigenvalue weighted by molar-refractivity contribution is 7.89. The Kier molecular flexibility index (Phi) is 6.56. The number of piperidine rings is 1. The molecule has 1 saturated heterocycles. The molecule has 2 aromatic rings. The highest BCUT2D eigenvalue weighted by Crippen LogP contribution is 2.25. The number of hydrogen-bond acceptors (Lipinski definition) is 4. The van der Waals surface area contributed by atoms with E-state index in [1.807, 2.05) is 0 Å². The minimum absolute atomic E-state index is 0.122. The molecule has 9 heteroatoms. The standard InChI is InChI=1S/C20H22ClN3O4S/c21-16-5-9-18(10-6-16)29(27,28)24-11-1-2-15(13-24)20(26)23-17-7-3-14(4-8-17)12-19(22)25/h3-10,15H,1-2,11-13H2,(H2,22,25)(H,23,26)/t15-/m1/s1. The number of anilines is 1. The van der Waals surface area contributed by atoms with Gasteiger partial charge in [0.15, 0.2) is 0 Å². The first-order valence-corrected chi connectivity index (χ1v) is 11.0. The number of halogens is 1. The molecule has 1 aliphatic heterocycles. The minimum Gasteiger partial charge on any atom is -0.369 e. The van der Waals surface area contributed by atoms with Gasteiger partial charge in [0, 0.05) is 23.8 Å². The molecule has 0 aliphatic carbocycles. The number of nitrogens with one attached hydrogen (secondary N) is 1. The number of hydrogen-bond donors (Lipinski definition) is 2. The molecule has 0 aromatic heterocycles. The first-order valence-electron chi connectivity index (χ1n) is 9.19. The number of sulfonamides is 1. The predicted molar refractivity (Wildman–Crippen MR) is 111 cm³/mol. The Morgan fingerprint density at radius 3 is 2.38 bits per heavy atom. The lowest BCUT2D eigenvalue weighted by Gasteiger charge is -2.31. The lowest BCUT2D eigenvalue weighted by Crippen LogP contribution is -2.43. The first kappa shape index (κ1) is 21.3. The van der Waals surface area contributed by atoms with Gasteiger partial charge in [0.25, 0.3) is 0 Å². The molecule has 154 valence electrons. The fourth-order valence-corrected chi connectivity index (χ4v) is 4.93. The van der Waals surface area contributed by atoms with Crippen molar-refractivity contribution >= 4 is 39.1 Å². The largest absolute Gasteiger partial charge is 0.369 e. The third-order valence-corrected chi connectivity index (χ3v) is 6.94. The van der Waals surface area contributed by atoms with E-state index in [0.29, 0.717) is 30.1 Å². The third kappa shape index (κ3) is 5.35. The molecule has 1 heterocycles. The van der Waals surface area contributed by atoms with Gasteiger partial charge in [0.1, 0.15) is 0 Å². The van der Waals surface area contributed by atoms with Crippen LogP contribution >= 0.6 is 11.6 Å². The Labute approximate surface area is 174 Å². The summed E-state index contributed by atoms with van der Waals surface area (Å²) in [4.78, 5) is 23.8. The predicted octanol–water partition coefficient (Wildman–Crippen LogP) is 2.41. The molecular weight excluding hydrogens is 414 g/mol. The Morgan fingerprint density at radius 1 is 1.10 bits per heavy atom. The average molecular weight is 436 g/mol. The summed E-state index contributed by atoms with van der Waals surface area (Å²) >= 11 is 5.84. The van der Waals surface area contributed by atoms with E-state index in [-0.39, 0.29) is 23.8 Å². The van der Waals surface area contributed by atoms with Crippen molar-refractivity contribution in [2.24, 2.45) is 11.7 Å². The zero-order valence-corrected chi connectivity index (χ0v) is 17.2. The Bertz CT molecular complexity index is 991. The fraction of sp³-hybridized carbons (Fsp3) is 0.300. The van der Waals surface area contributed by atoms with E-state index >= 15 is 0 Å². The van der Waals surface area contributed by atoms with Gasteiger partial charge in [-0.25, -0.2) is 8.42 Å². The fourth-order valence-electron chi connectivity index (χ4n) is 3.28. The Morgan fingerprint density at radius 2 is 1.76 bits per heavy atom. The van der Waals surface area contributed by atoms with E-state index in [1.165, 1.54) is 28.6 Å². The van der Waals surface area contributed by atoms with Crippen molar-refractivity contribution in [1.29, 1.82) is 0 Å². The van der Waals surface area contributed by atoms with Crippen LogP contribution in [0.3, 0.4) is 0 Å². The summed E-state index contributed by atoms with van der Waals surface area (Å²) in [5, 5.41) is 3.28. The summed E-state index contributed by atoms with van der Waals surface area (Å²) in [5.41, 5.74) is 6.51. The van der Waals surface area contributed by atoms with E-state index in [4.69, 9.17) is 17.3 Å². The van der Waals surface area contributed by atoms with Gasteiger partial charge in [0.05, 0.1) is 17.2 Å². The monoisotopic (exact) mass is 435 g/mol. The second-order valence-electron chi connectivity index (χ2n) is 6.99. The lowest BCUT2D eigenvalue weighted by molar-refractivity contribution is -0.121. The van der Waals surface area contributed by atoms with E-state index < -0.39 is 21.8 Å². The van der Waals surface area contributed by atoms with Crippen LogP contribution in [0.25, 0.3) is 0 Å². The number of nitrogens with zero attached hydrogens (tertiary/aromatic N) is 1. The maximum Gasteiger partial charge on any atom is 0.243 e. The number of carbonyl (C=O) groups is 2. The van der Waals surface area contributed by atoms with Crippen LogP contribution in [0.4, 0.5) is 5.69 Å². The molecular formula is C20H22ClN3O4S. The van der Waals surface area contributed by atoms with Crippen LogP contribution < -0.4 is 11.1 Å². The van der Waals surface area contributed by atoms with Gasteiger partial charge in [-0.3, -0.25) is 9.59 Å². The molecule has 1 fully saturated rings. The second kappa shape index (κ2) is 8.94. The molecule has 7 nitrogen and oxygen atoms in total. The number of primary amides is 1. The van der Waals surface area contributed by atoms with Crippen LogP contribution in [-0.4, -0.2) is 37.6 Å². The van der Waals surface area contributed by atoms with Crippen LogP contribution in [0.15, 0.2) is 53.4 Å². The van der Waals surface area contributed by atoms with Gasteiger partial charge >= 0.3 is 0 Å². The molecule has 0 bridgehead atoms. The zero-order valence-electron chi connectivity index (χ0n) is 15.7. The quantitative estimate of drug-likeness (QED) is 0.725. The van der Waals surface area contributed by atoms with Crippen molar-refractivity contribution in [3.63, 3.8) is 0 Å². The molecule has 1 atom stereocenters. The molecule has 0 unspecified atom stereocenters. The summed E-state index contributed by atoms with van der Waals surface area (Å²) in [6.07, 6.45) is 1.34. The van der Waals surface area contributed by atoms with Crippen LogP contribution in [-0.2, 0) is 26.0 Å². The maximum atomic E-state index is 12.9. The van der Waals surface area contributed by atoms with Crippen LogP contribution in [0.2, 0.25) is 5.02 Å². The number of carbonyl (C=O) groups excluding carboxylic acids is 2. The van der Waals surface area contributed by atoms with E-state index in [1.54, 1.807) is 24.3 Å². The van der Waals surface area contributed by atoms with Gasteiger partial charge in [0.2, 0.25) is 21.8 Å². The number of benzene rings is 2. The molecule has 3 N–H and O–H groups in total. The smallest absolute Gasteiger partial charge is 0.243 e. The molecule has 0 saturated carbocycles. The molecule has 0 spiro atoms. The Balaban J connectivity index is 1.66. The minimum atomic E-state index is -3.68. The number of amides is 2. The van der Waals surface area contributed by atoms with Gasteiger partial charge < -0.3 is 11.1 Å². The van der Waals surface area contributed by atoms with E-state index in [2.05, 4.69) is 5.32 Å². The lowest BCUT2D eigenvalue weighted by atomic mass is 9.98. The molecule has 2 amide bonds. The topological polar surface area (TPSA) is 110 Å². The van der Waals surface area contributed by atoms with Gasteiger partial charge in [-0.2, -0.15) is 4.31 Å². The van der Waals surface area contributed by atoms with Crippen molar-refractivity contribution in [1.82, 2.24) is 4.31 Å².